The van der Waals surface area contributed by atoms with Gasteiger partial charge in [-0.2, -0.15) is 0 Å². The van der Waals surface area contributed by atoms with E-state index in [1.165, 1.54) is 146 Å². The van der Waals surface area contributed by atoms with Gasteiger partial charge in [-0.05, 0) is 380 Å². The van der Waals surface area contributed by atoms with E-state index in [0.29, 0.717) is 0 Å². The van der Waals surface area contributed by atoms with Gasteiger partial charge in [-0.25, -0.2) is 8.78 Å². The Morgan fingerprint density at radius 1 is 0.134 bits per heavy atom. The van der Waals surface area contributed by atoms with Gasteiger partial charge in [0.1, 0.15) is 11.6 Å². The Hall–Kier alpha value is -17.6. The summed E-state index contributed by atoms with van der Waals surface area (Å²) < 4.78 is 29.7. The molecule has 0 aromatic heterocycles. The molecule has 0 saturated heterocycles. The van der Waals surface area contributed by atoms with Crippen molar-refractivity contribution in [2.24, 2.45) is 0 Å². The zero-order valence-corrected chi connectivity index (χ0v) is 80.6. The normalized spacial score (nSPS) is 11.5. The third-order valence-electron chi connectivity index (χ3n) is 28.0. The zero-order chi connectivity index (χ0) is 96.3. The first-order valence-electron chi connectivity index (χ1n) is 48.8. The summed E-state index contributed by atoms with van der Waals surface area (Å²) in [5.41, 5.74) is 40.2. The molecule has 0 aliphatic carbocycles. The Kier molecular flexibility index (Phi) is 23.3. The van der Waals surface area contributed by atoms with E-state index in [4.69, 9.17) is 0 Å². The van der Waals surface area contributed by atoms with Gasteiger partial charge in [-0.1, -0.05) is 326 Å². The van der Waals surface area contributed by atoms with E-state index in [1.54, 1.807) is 0 Å². The SMILES string of the molecule is Cc1ccc(-c2cc(-c3ccccc3)cc(N(c3cc(C)cc(C)c3)c3ccc4ccc5c(N(c6cc(C)cc(C)c6)c6cc(-c7ccccc7)cc(-c7ccc(C)cc7)c6)ccc6ccc3c4c65)c2)cc1.Cc1ccc(-c2cc(-c3ccccc3)cc(N(c3ccc(F)cc3)c3ccc4ccc5c(N(c6ccc(F)cc6)c6cc(-c7ccccc7)cc(-c7ccc(C)cc7)c6)ccc6ccc3c4c65)c2)cc1. The Labute approximate surface area is 829 Å². The lowest BCUT2D eigenvalue weighted by Gasteiger charge is -2.31. The third-order valence-corrected chi connectivity index (χ3v) is 28.0. The summed E-state index contributed by atoms with van der Waals surface area (Å²) in [5, 5.41) is 13.9. The molecule has 24 aromatic rings. The molecule has 0 aliphatic heterocycles. The Balaban J connectivity index is 0.000000158. The molecule has 0 saturated carbocycles. The first-order chi connectivity index (χ1) is 69.4. The van der Waals surface area contributed by atoms with Crippen LogP contribution in [0.2, 0.25) is 0 Å². The predicted molar refractivity (Wildman–Crippen MR) is 600 cm³/mol. The van der Waals surface area contributed by atoms with Gasteiger partial charge in [-0.15, -0.1) is 0 Å². The molecular weight excluding hydrogens is 1730 g/mol. The lowest BCUT2D eigenvalue weighted by molar-refractivity contribution is 0.627. The Morgan fingerprint density at radius 3 is 0.528 bits per heavy atom. The zero-order valence-electron chi connectivity index (χ0n) is 80.6. The summed E-state index contributed by atoms with van der Waals surface area (Å²) in [7, 11) is 0. The van der Waals surface area contributed by atoms with Gasteiger partial charge in [0.25, 0.3) is 0 Å². The van der Waals surface area contributed by atoms with Crippen LogP contribution in [0.4, 0.5) is 77.0 Å². The van der Waals surface area contributed by atoms with Crippen LogP contribution in [0.1, 0.15) is 44.5 Å². The molecule has 0 spiro atoms. The fraction of sp³-hybridized carbons (Fsp3) is 0.0588. The van der Waals surface area contributed by atoms with Gasteiger partial charge < -0.3 is 19.6 Å². The van der Waals surface area contributed by atoms with Crippen molar-refractivity contribution in [3.8, 4) is 89.0 Å². The van der Waals surface area contributed by atoms with E-state index in [9.17, 15) is 8.78 Å². The molecule has 0 aliphatic rings. The first kappa shape index (κ1) is 88.4. The second kappa shape index (κ2) is 37.4. The van der Waals surface area contributed by atoms with E-state index >= 15 is 0 Å². The molecule has 24 rings (SSSR count). The van der Waals surface area contributed by atoms with Crippen molar-refractivity contribution in [2.75, 3.05) is 19.6 Å². The fourth-order valence-electron chi connectivity index (χ4n) is 21.2. The number of hydrogen-bond donors (Lipinski definition) is 0. The molecular formula is C136H102F2N4. The fourth-order valence-corrected chi connectivity index (χ4v) is 21.2. The predicted octanol–water partition coefficient (Wildman–Crippen LogP) is 39.1. The van der Waals surface area contributed by atoms with Crippen molar-refractivity contribution in [1.82, 2.24) is 0 Å². The van der Waals surface area contributed by atoms with Crippen LogP contribution in [0, 0.1) is 67.0 Å². The summed E-state index contributed by atoms with van der Waals surface area (Å²) in [5.74, 6) is -0.591. The minimum atomic E-state index is -0.295. The Bertz CT molecular complexity index is 8270. The number of halogens is 2. The van der Waals surface area contributed by atoms with Crippen LogP contribution in [-0.2, 0) is 0 Å². The van der Waals surface area contributed by atoms with E-state index in [-0.39, 0.29) is 11.6 Å². The van der Waals surface area contributed by atoms with Crippen LogP contribution in [0.25, 0.3) is 154 Å². The highest BCUT2D eigenvalue weighted by Gasteiger charge is 2.29. The molecule has 0 heterocycles. The molecule has 0 amide bonds. The van der Waals surface area contributed by atoms with Gasteiger partial charge in [0.15, 0.2) is 0 Å². The van der Waals surface area contributed by atoms with Crippen molar-refractivity contribution in [1.29, 1.82) is 0 Å². The average Bonchev–Trinajstić information content (AvgIpc) is 0.719. The topological polar surface area (TPSA) is 13.0 Å². The molecule has 0 unspecified atom stereocenters. The Morgan fingerprint density at radius 2 is 0.317 bits per heavy atom. The van der Waals surface area contributed by atoms with Gasteiger partial charge >= 0.3 is 0 Å². The summed E-state index contributed by atoms with van der Waals surface area (Å²) in [6.45, 7) is 17.4. The maximum absolute atomic E-state index is 14.8. The standard InChI is InChI=1S/C70H56N2.C66H46F2N2/c1-45-17-21-53(22-18-45)59-39-57(51-13-9-7-10-14-51)41-63(43-59)71(61-35-47(3)33-48(4)36-61)67-31-27-55-26-30-66-68(32-28-56-25-29-65(67)69(55)70(56)66)72(62-37-49(5)34-50(6)38-62)64-42-58(52-15-11-8-12-16-52)40-60(44-64)54-23-19-46(2)20-24-54;1-43-13-17-47(18-14-43)53-37-51(45-9-5-3-6-10-45)39-59(41-53)69(57-29-25-55(67)26-30-57)63-35-23-49-22-34-62-64(36-24-50-21-33-61(63)65(49)66(50)62)70(58-31-27-56(68)28-32-58)60-40-52(46-11-7-4-8-12-46)38-54(42-60)48-19-15-44(2)16-20-48/h7-44H,1-6H3;3-42H,1-2H3. The lowest BCUT2D eigenvalue weighted by atomic mass is 9.91. The molecule has 6 heteroatoms. The molecule has 0 fully saturated rings. The number of aryl methyl sites for hydroxylation is 8. The highest BCUT2D eigenvalue weighted by molar-refractivity contribution is 6.30. The highest BCUT2D eigenvalue weighted by atomic mass is 19.1. The van der Waals surface area contributed by atoms with Gasteiger partial charge in [0.05, 0.1) is 22.7 Å². The van der Waals surface area contributed by atoms with E-state index in [0.717, 1.165) is 145 Å². The monoisotopic (exact) mass is 1830 g/mol. The van der Waals surface area contributed by atoms with Crippen LogP contribution in [0.5, 0.6) is 0 Å². The van der Waals surface area contributed by atoms with Crippen molar-refractivity contribution < 1.29 is 8.78 Å². The number of rotatable bonds is 20. The van der Waals surface area contributed by atoms with Crippen molar-refractivity contribution in [2.45, 2.75) is 55.4 Å². The van der Waals surface area contributed by atoms with Gasteiger partial charge in [0, 0.05) is 67.0 Å². The van der Waals surface area contributed by atoms with Crippen LogP contribution >= 0.6 is 0 Å². The quantitative estimate of drug-likeness (QED) is 0.0705. The van der Waals surface area contributed by atoms with Gasteiger partial charge in [-0.3, -0.25) is 0 Å². The lowest BCUT2D eigenvalue weighted by Crippen LogP contribution is -2.12. The average molecular weight is 1830 g/mol. The maximum atomic E-state index is 14.8. The molecule has 0 radical (unpaired) electrons. The minimum absolute atomic E-state index is 0.295. The highest BCUT2D eigenvalue weighted by Crippen LogP contribution is 2.54. The van der Waals surface area contributed by atoms with Gasteiger partial charge in [0.2, 0.25) is 0 Å². The summed E-state index contributed by atoms with van der Waals surface area (Å²) in [4.78, 5) is 9.53. The summed E-state index contributed by atoms with van der Waals surface area (Å²) in [6.07, 6.45) is 0. The van der Waals surface area contributed by atoms with Crippen LogP contribution < -0.4 is 19.6 Å². The summed E-state index contributed by atoms with van der Waals surface area (Å²) in [6, 6.07) is 169. The van der Waals surface area contributed by atoms with Crippen molar-refractivity contribution in [3.05, 3.63) is 529 Å². The number of hydrogen-bond acceptors (Lipinski definition) is 4. The van der Waals surface area contributed by atoms with Crippen LogP contribution in [0.3, 0.4) is 0 Å². The molecule has 0 bridgehead atoms. The van der Waals surface area contributed by atoms with E-state index < -0.39 is 0 Å². The number of benzene rings is 24. The molecule has 0 atom stereocenters. The number of nitrogens with zero attached hydrogens (tertiary/aromatic N) is 4. The second-order valence-corrected chi connectivity index (χ2v) is 38.2. The number of anilines is 12. The molecule has 0 N–H and O–H groups in total. The minimum Gasteiger partial charge on any atom is -0.310 e. The molecule has 4 nitrogen and oxygen atoms in total. The molecule has 142 heavy (non-hydrogen) atoms. The van der Waals surface area contributed by atoms with E-state index in [1.807, 2.05) is 36.4 Å². The van der Waals surface area contributed by atoms with Crippen LogP contribution in [-0.4, -0.2) is 0 Å². The van der Waals surface area contributed by atoms with E-state index in [2.05, 4.69) is 488 Å². The largest absolute Gasteiger partial charge is 0.310 e. The molecule has 24 aromatic carbocycles. The second-order valence-electron chi connectivity index (χ2n) is 38.2. The van der Waals surface area contributed by atoms with Crippen molar-refractivity contribution in [3.63, 3.8) is 0 Å². The third kappa shape index (κ3) is 17.4. The van der Waals surface area contributed by atoms with Crippen molar-refractivity contribution >= 4 is 133 Å². The first-order valence-corrected chi connectivity index (χ1v) is 48.8. The maximum Gasteiger partial charge on any atom is 0.123 e. The smallest absolute Gasteiger partial charge is 0.123 e. The summed E-state index contributed by atoms with van der Waals surface area (Å²) >= 11 is 0. The van der Waals surface area contributed by atoms with Crippen LogP contribution in [0.15, 0.2) is 473 Å². The molecule has 680 valence electrons.